The number of guanidine groups is 1. The summed E-state index contributed by atoms with van der Waals surface area (Å²) in [7, 11) is 5.07. The van der Waals surface area contributed by atoms with Crippen LogP contribution in [-0.2, 0) is 13.0 Å². The summed E-state index contributed by atoms with van der Waals surface area (Å²) in [6.07, 6.45) is 3.65. The maximum atomic E-state index is 5.45. The van der Waals surface area contributed by atoms with Gasteiger partial charge >= 0.3 is 0 Å². The lowest BCUT2D eigenvalue weighted by molar-refractivity contribution is 0.352. The normalized spacial score (nSPS) is 11.0. The molecule has 22 heavy (non-hydrogen) atoms. The van der Waals surface area contributed by atoms with Crippen LogP contribution in [0.25, 0.3) is 0 Å². The number of hydrogen-bond acceptors (Lipinski definition) is 3. The molecule has 0 aliphatic carbocycles. The zero-order valence-electron chi connectivity index (χ0n) is 14.0. The minimum Gasteiger partial charge on any atom is -0.493 e. The second kappa shape index (κ2) is 9.71. The maximum Gasteiger partial charge on any atom is 0.191 e. The summed E-state index contributed by atoms with van der Waals surface area (Å²) in [5, 5.41) is 6.54. The van der Waals surface area contributed by atoms with E-state index in [0.29, 0.717) is 6.54 Å². The first-order valence-electron chi connectivity index (χ1n) is 7.49. The highest BCUT2D eigenvalue weighted by atomic mass is 16.5. The molecule has 2 N–H and O–H groups in total. The van der Waals surface area contributed by atoms with Gasteiger partial charge in [-0.1, -0.05) is 13.0 Å². The van der Waals surface area contributed by atoms with Crippen molar-refractivity contribution in [2.75, 3.05) is 27.8 Å². The van der Waals surface area contributed by atoms with Crippen molar-refractivity contribution in [3.05, 3.63) is 35.9 Å². The molecule has 0 aromatic heterocycles. The highest BCUT2D eigenvalue weighted by molar-refractivity contribution is 5.79. The highest BCUT2D eigenvalue weighted by Gasteiger charge is 2.11. The first kappa shape index (κ1) is 17.9. The Morgan fingerprint density at radius 2 is 2.05 bits per heavy atom. The smallest absolute Gasteiger partial charge is 0.191 e. The van der Waals surface area contributed by atoms with Crippen LogP contribution >= 0.6 is 0 Å². The van der Waals surface area contributed by atoms with Crippen molar-refractivity contribution >= 4 is 5.96 Å². The van der Waals surface area contributed by atoms with E-state index in [9.17, 15) is 0 Å². The van der Waals surface area contributed by atoms with E-state index in [1.807, 2.05) is 12.1 Å². The summed E-state index contributed by atoms with van der Waals surface area (Å²) < 4.78 is 10.9. The van der Waals surface area contributed by atoms with Gasteiger partial charge in [-0.25, -0.2) is 0 Å². The van der Waals surface area contributed by atoms with Crippen LogP contribution in [0.15, 0.2) is 29.8 Å². The van der Waals surface area contributed by atoms with Crippen LogP contribution in [0.1, 0.15) is 24.5 Å². The van der Waals surface area contributed by atoms with E-state index in [1.54, 1.807) is 21.3 Å². The van der Waals surface area contributed by atoms with Gasteiger partial charge in [0.2, 0.25) is 0 Å². The fourth-order valence-electron chi connectivity index (χ4n) is 2.17. The molecule has 0 atom stereocenters. The van der Waals surface area contributed by atoms with Crippen molar-refractivity contribution in [3.8, 4) is 11.5 Å². The van der Waals surface area contributed by atoms with Crippen molar-refractivity contribution in [1.29, 1.82) is 0 Å². The number of benzene rings is 1. The van der Waals surface area contributed by atoms with E-state index in [4.69, 9.17) is 9.47 Å². The Balaban J connectivity index is 2.90. The lowest BCUT2D eigenvalue weighted by Gasteiger charge is -2.16. The predicted octanol–water partition coefficient (Wildman–Crippen LogP) is 2.51. The van der Waals surface area contributed by atoms with Gasteiger partial charge in [-0.15, -0.1) is 6.58 Å². The second-order valence-electron chi connectivity index (χ2n) is 4.84. The van der Waals surface area contributed by atoms with Crippen LogP contribution in [0, 0.1) is 0 Å². The number of hydrogen-bond donors (Lipinski definition) is 2. The highest BCUT2D eigenvalue weighted by Crippen LogP contribution is 2.33. The van der Waals surface area contributed by atoms with Gasteiger partial charge in [0, 0.05) is 25.7 Å². The monoisotopic (exact) mass is 305 g/mol. The van der Waals surface area contributed by atoms with Gasteiger partial charge in [0.1, 0.15) is 0 Å². The third-order valence-electron chi connectivity index (χ3n) is 3.21. The molecule has 0 bridgehead atoms. The van der Waals surface area contributed by atoms with Crippen LogP contribution in [0.4, 0.5) is 0 Å². The van der Waals surface area contributed by atoms with Gasteiger partial charge in [-0.2, -0.15) is 0 Å². The number of allylic oxidation sites excluding steroid dienone is 1. The Bertz CT molecular complexity index is 513. The van der Waals surface area contributed by atoms with Crippen molar-refractivity contribution in [3.63, 3.8) is 0 Å². The van der Waals surface area contributed by atoms with E-state index in [0.717, 1.165) is 48.0 Å². The summed E-state index contributed by atoms with van der Waals surface area (Å²) >= 11 is 0. The maximum absolute atomic E-state index is 5.45. The van der Waals surface area contributed by atoms with E-state index in [1.165, 1.54) is 0 Å². The number of nitrogens with zero attached hydrogens (tertiary/aromatic N) is 1. The molecule has 0 aliphatic heterocycles. The SMILES string of the molecule is C=CCc1cc(CNC(=NC)NCCC)cc(OC)c1OC. The Kier molecular flexibility index (Phi) is 7.89. The van der Waals surface area contributed by atoms with E-state index < -0.39 is 0 Å². The van der Waals surface area contributed by atoms with Gasteiger partial charge in [-0.05, 0) is 30.5 Å². The number of methoxy groups -OCH3 is 2. The number of rotatable bonds is 8. The van der Waals surface area contributed by atoms with Crippen LogP contribution in [0.5, 0.6) is 11.5 Å². The van der Waals surface area contributed by atoms with E-state index in [2.05, 4.69) is 35.2 Å². The first-order valence-corrected chi connectivity index (χ1v) is 7.49. The molecule has 0 aliphatic rings. The van der Waals surface area contributed by atoms with Gasteiger partial charge in [0.25, 0.3) is 0 Å². The number of ether oxygens (including phenoxy) is 2. The molecule has 0 radical (unpaired) electrons. The Labute approximate surface area is 133 Å². The Morgan fingerprint density at radius 1 is 1.27 bits per heavy atom. The predicted molar refractivity (Wildman–Crippen MR) is 91.9 cm³/mol. The second-order valence-corrected chi connectivity index (χ2v) is 4.84. The molecule has 0 heterocycles. The van der Waals surface area contributed by atoms with Crippen LogP contribution < -0.4 is 20.1 Å². The Morgan fingerprint density at radius 3 is 2.59 bits per heavy atom. The van der Waals surface area contributed by atoms with Crippen molar-refractivity contribution in [1.82, 2.24) is 10.6 Å². The summed E-state index contributed by atoms with van der Waals surface area (Å²) in [6, 6.07) is 4.08. The fourth-order valence-corrected chi connectivity index (χ4v) is 2.17. The quantitative estimate of drug-likeness (QED) is 0.440. The molecule has 0 amide bonds. The molecule has 5 nitrogen and oxygen atoms in total. The van der Waals surface area contributed by atoms with Gasteiger partial charge < -0.3 is 20.1 Å². The summed E-state index contributed by atoms with van der Waals surface area (Å²) in [5.41, 5.74) is 2.17. The average molecular weight is 305 g/mol. The van der Waals surface area contributed by atoms with Crippen LogP contribution in [0.2, 0.25) is 0 Å². The molecule has 0 spiro atoms. The van der Waals surface area contributed by atoms with Gasteiger partial charge in [0.05, 0.1) is 14.2 Å². The van der Waals surface area contributed by atoms with Gasteiger partial charge in [-0.3, -0.25) is 4.99 Å². The van der Waals surface area contributed by atoms with Crippen molar-refractivity contribution in [2.45, 2.75) is 26.3 Å². The lowest BCUT2D eigenvalue weighted by atomic mass is 10.1. The van der Waals surface area contributed by atoms with Crippen LogP contribution in [-0.4, -0.2) is 33.8 Å². The average Bonchev–Trinajstić information content (AvgIpc) is 2.54. The van der Waals surface area contributed by atoms with Crippen molar-refractivity contribution < 1.29 is 9.47 Å². The molecular formula is C17H27N3O2. The van der Waals surface area contributed by atoms with Crippen LogP contribution in [0.3, 0.4) is 0 Å². The van der Waals surface area contributed by atoms with Crippen molar-refractivity contribution in [2.24, 2.45) is 4.99 Å². The number of aliphatic imine (C=N–C) groups is 1. The molecule has 1 aromatic rings. The Hall–Kier alpha value is -2.17. The molecule has 122 valence electrons. The molecule has 1 aromatic carbocycles. The lowest BCUT2D eigenvalue weighted by Crippen LogP contribution is -2.37. The summed E-state index contributed by atoms with van der Waals surface area (Å²) in [4.78, 5) is 4.20. The fraction of sp³-hybridized carbons (Fsp3) is 0.471. The minimum absolute atomic E-state index is 0.661. The van der Waals surface area contributed by atoms with E-state index in [-0.39, 0.29) is 0 Å². The topological polar surface area (TPSA) is 54.9 Å². The minimum atomic E-state index is 0.661. The molecule has 0 saturated heterocycles. The molecule has 5 heteroatoms. The number of nitrogens with one attached hydrogen (secondary N) is 2. The molecule has 0 saturated carbocycles. The summed E-state index contributed by atoms with van der Waals surface area (Å²) in [6.45, 7) is 7.47. The van der Waals surface area contributed by atoms with Gasteiger partial charge in [0.15, 0.2) is 17.5 Å². The summed E-state index contributed by atoms with van der Waals surface area (Å²) in [5.74, 6) is 2.29. The zero-order valence-corrected chi connectivity index (χ0v) is 14.0. The molecular weight excluding hydrogens is 278 g/mol. The zero-order chi connectivity index (χ0) is 16.4. The molecule has 1 rings (SSSR count). The third-order valence-corrected chi connectivity index (χ3v) is 3.21. The van der Waals surface area contributed by atoms with E-state index >= 15 is 0 Å². The first-order chi connectivity index (χ1) is 10.7. The molecule has 0 fully saturated rings. The largest absolute Gasteiger partial charge is 0.493 e. The molecule has 0 unspecified atom stereocenters. The third kappa shape index (κ3) is 4.98. The standard InChI is InChI=1S/C17H27N3O2/c1-6-8-14-10-13(11-15(21-4)16(14)22-5)12-20-17(18-3)19-9-7-2/h6,10-11H,1,7-9,12H2,2-5H3,(H2,18,19,20).